The zero-order valence-corrected chi connectivity index (χ0v) is 7.93. The molecule has 13 heavy (non-hydrogen) atoms. The Balaban J connectivity index is 2.62. The van der Waals surface area contributed by atoms with Gasteiger partial charge in [0, 0.05) is 17.8 Å². The summed E-state index contributed by atoms with van der Waals surface area (Å²) in [6.07, 6.45) is 3.42. The van der Waals surface area contributed by atoms with Crippen molar-refractivity contribution in [2.45, 2.75) is 32.7 Å². The summed E-state index contributed by atoms with van der Waals surface area (Å²) >= 11 is 0. The van der Waals surface area contributed by atoms with Crippen molar-refractivity contribution in [3.8, 4) is 0 Å². The van der Waals surface area contributed by atoms with Crippen LogP contribution >= 0.6 is 0 Å². The fraction of sp³-hybridized carbons (Fsp3) is 0.500. The summed E-state index contributed by atoms with van der Waals surface area (Å²) in [7, 11) is 0. The first-order chi connectivity index (χ1) is 6.24. The van der Waals surface area contributed by atoms with Crippen LogP contribution < -0.4 is 11.5 Å². The molecule has 1 aliphatic rings. The van der Waals surface area contributed by atoms with E-state index in [9.17, 15) is 0 Å². The molecule has 0 saturated heterocycles. The smallest absolute Gasteiger partial charge is 0.128 e. The number of fused-ring (bicyclic) bond motifs is 1. The predicted octanol–water partition coefficient (Wildman–Crippen LogP) is 0.920. The Morgan fingerprint density at radius 3 is 2.85 bits per heavy atom. The molecule has 4 N–H and O–H groups in total. The number of nitrogens with zero attached hydrogens (tertiary/aromatic N) is 1. The van der Waals surface area contributed by atoms with Gasteiger partial charge >= 0.3 is 0 Å². The average molecular weight is 177 g/mol. The molecule has 0 atom stereocenters. The minimum atomic E-state index is 0.498. The SMILES string of the molecule is Cc1c(CN)c(N)nc2c1CCC2. The lowest BCUT2D eigenvalue weighted by Gasteiger charge is -2.11. The summed E-state index contributed by atoms with van der Waals surface area (Å²) in [5.41, 5.74) is 16.3. The zero-order valence-electron chi connectivity index (χ0n) is 7.93. The normalized spacial score (nSPS) is 14.6. The molecule has 3 nitrogen and oxygen atoms in total. The van der Waals surface area contributed by atoms with Crippen LogP contribution in [0.4, 0.5) is 5.82 Å². The Labute approximate surface area is 78.1 Å². The molecule has 0 spiro atoms. The molecular formula is C10H15N3. The van der Waals surface area contributed by atoms with E-state index in [1.165, 1.54) is 23.2 Å². The topological polar surface area (TPSA) is 64.9 Å². The Morgan fingerprint density at radius 2 is 2.15 bits per heavy atom. The maximum atomic E-state index is 5.81. The van der Waals surface area contributed by atoms with E-state index in [0.717, 1.165) is 18.4 Å². The molecular weight excluding hydrogens is 162 g/mol. The van der Waals surface area contributed by atoms with E-state index in [-0.39, 0.29) is 0 Å². The maximum Gasteiger partial charge on any atom is 0.128 e. The second-order valence-electron chi connectivity index (χ2n) is 3.58. The molecule has 0 fully saturated rings. The van der Waals surface area contributed by atoms with Gasteiger partial charge in [0.25, 0.3) is 0 Å². The van der Waals surface area contributed by atoms with Gasteiger partial charge in [-0.2, -0.15) is 0 Å². The van der Waals surface area contributed by atoms with Crippen LogP contribution in [-0.2, 0) is 19.4 Å². The largest absolute Gasteiger partial charge is 0.383 e. The van der Waals surface area contributed by atoms with Crippen LogP contribution in [0.1, 0.15) is 28.8 Å². The number of nitrogen functional groups attached to an aromatic ring is 1. The van der Waals surface area contributed by atoms with Gasteiger partial charge < -0.3 is 11.5 Å². The highest BCUT2D eigenvalue weighted by molar-refractivity contribution is 5.51. The number of aromatic nitrogens is 1. The van der Waals surface area contributed by atoms with Crippen molar-refractivity contribution in [2.24, 2.45) is 5.73 Å². The van der Waals surface area contributed by atoms with E-state index < -0.39 is 0 Å². The van der Waals surface area contributed by atoms with Gasteiger partial charge in [0.15, 0.2) is 0 Å². The molecule has 2 rings (SSSR count). The molecule has 0 unspecified atom stereocenters. The van der Waals surface area contributed by atoms with Crippen LogP contribution in [0, 0.1) is 6.92 Å². The summed E-state index contributed by atoms with van der Waals surface area (Å²) in [5, 5.41) is 0. The van der Waals surface area contributed by atoms with E-state index in [1.807, 2.05) is 0 Å². The minimum absolute atomic E-state index is 0.498. The van der Waals surface area contributed by atoms with Crippen LogP contribution in [0.15, 0.2) is 0 Å². The molecule has 0 bridgehead atoms. The van der Waals surface area contributed by atoms with Gasteiger partial charge in [-0.05, 0) is 37.3 Å². The molecule has 1 heterocycles. The number of hydrogen-bond acceptors (Lipinski definition) is 3. The Bertz CT molecular complexity index is 341. The minimum Gasteiger partial charge on any atom is -0.383 e. The van der Waals surface area contributed by atoms with Gasteiger partial charge in [0.1, 0.15) is 5.82 Å². The highest BCUT2D eigenvalue weighted by Gasteiger charge is 2.18. The van der Waals surface area contributed by atoms with Crippen molar-refractivity contribution in [3.05, 3.63) is 22.4 Å². The predicted molar refractivity (Wildman–Crippen MR) is 53.3 cm³/mol. The molecule has 1 aromatic rings. The molecule has 0 aromatic carbocycles. The number of anilines is 1. The lowest BCUT2D eigenvalue weighted by atomic mass is 10.0. The average Bonchev–Trinajstić information content (AvgIpc) is 2.53. The van der Waals surface area contributed by atoms with E-state index in [2.05, 4.69) is 11.9 Å². The van der Waals surface area contributed by atoms with Crippen LogP contribution in [0.25, 0.3) is 0 Å². The molecule has 1 aliphatic carbocycles. The maximum absolute atomic E-state index is 5.81. The third kappa shape index (κ3) is 1.20. The second kappa shape index (κ2) is 3.00. The molecule has 0 radical (unpaired) electrons. The fourth-order valence-corrected chi connectivity index (χ4v) is 2.10. The monoisotopic (exact) mass is 177 g/mol. The third-order valence-corrected chi connectivity index (χ3v) is 2.86. The molecule has 0 amide bonds. The van der Waals surface area contributed by atoms with Crippen molar-refractivity contribution >= 4 is 5.82 Å². The first-order valence-electron chi connectivity index (χ1n) is 4.70. The van der Waals surface area contributed by atoms with Crippen LogP contribution in [0.5, 0.6) is 0 Å². The Kier molecular flexibility index (Phi) is 1.96. The van der Waals surface area contributed by atoms with Gasteiger partial charge in [-0.1, -0.05) is 0 Å². The number of pyridine rings is 1. The van der Waals surface area contributed by atoms with Gasteiger partial charge in [0.05, 0.1) is 0 Å². The summed E-state index contributed by atoms with van der Waals surface area (Å²) < 4.78 is 0. The first-order valence-corrected chi connectivity index (χ1v) is 4.70. The Hall–Kier alpha value is -1.09. The van der Waals surface area contributed by atoms with E-state index >= 15 is 0 Å². The first kappa shape index (κ1) is 8.51. The van der Waals surface area contributed by atoms with E-state index in [4.69, 9.17) is 11.5 Å². The van der Waals surface area contributed by atoms with Gasteiger partial charge in [-0.25, -0.2) is 4.98 Å². The van der Waals surface area contributed by atoms with E-state index in [1.54, 1.807) is 0 Å². The summed E-state index contributed by atoms with van der Waals surface area (Å²) in [6.45, 7) is 2.60. The van der Waals surface area contributed by atoms with Gasteiger partial charge in [-0.3, -0.25) is 0 Å². The standard InChI is InChI=1S/C10H15N3/c1-6-7-3-2-4-9(7)13-10(12)8(6)5-11/h2-5,11H2,1H3,(H2,12,13). The summed E-state index contributed by atoms with van der Waals surface area (Å²) in [4.78, 5) is 4.38. The van der Waals surface area contributed by atoms with Crippen LogP contribution in [-0.4, -0.2) is 4.98 Å². The summed E-state index contributed by atoms with van der Waals surface area (Å²) in [5.74, 6) is 0.626. The van der Waals surface area contributed by atoms with Crippen LogP contribution in [0.2, 0.25) is 0 Å². The van der Waals surface area contributed by atoms with Crippen molar-refractivity contribution in [2.75, 3.05) is 5.73 Å². The second-order valence-corrected chi connectivity index (χ2v) is 3.58. The third-order valence-electron chi connectivity index (χ3n) is 2.86. The van der Waals surface area contributed by atoms with Crippen molar-refractivity contribution in [1.82, 2.24) is 4.98 Å². The number of nitrogens with two attached hydrogens (primary N) is 2. The van der Waals surface area contributed by atoms with Gasteiger partial charge in [-0.15, -0.1) is 0 Å². The van der Waals surface area contributed by atoms with Crippen molar-refractivity contribution in [1.29, 1.82) is 0 Å². The Morgan fingerprint density at radius 1 is 1.38 bits per heavy atom. The molecule has 0 saturated carbocycles. The number of rotatable bonds is 1. The molecule has 0 aliphatic heterocycles. The van der Waals surface area contributed by atoms with Crippen molar-refractivity contribution < 1.29 is 0 Å². The molecule has 1 aromatic heterocycles. The summed E-state index contributed by atoms with van der Waals surface area (Å²) in [6, 6.07) is 0. The van der Waals surface area contributed by atoms with Gasteiger partial charge in [0.2, 0.25) is 0 Å². The highest BCUT2D eigenvalue weighted by Crippen LogP contribution is 2.28. The lowest BCUT2D eigenvalue weighted by Crippen LogP contribution is -2.09. The lowest BCUT2D eigenvalue weighted by molar-refractivity contribution is 0.899. The zero-order chi connectivity index (χ0) is 9.42. The number of hydrogen-bond donors (Lipinski definition) is 2. The molecule has 3 heteroatoms. The van der Waals surface area contributed by atoms with E-state index in [0.29, 0.717) is 12.4 Å². The molecule has 70 valence electrons. The quantitative estimate of drug-likeness (QED) is 0.670. The van der Waals surface area contributed by atoms with Crippen LogP contribution in [0.3, 0.4) is 0 Å². The fourth-order valence-electron chi connectivity index (χ4n) is 2.10. The highest BCUT2D eigenvalue weighted by atomic mass is 14.9. The number of aryl methyl sites for hydroxylation is 1. The van der Waals surface area contributed by atoms with Crippen molar-refractivity contribution in [3.63, 3.8) is 0 Å².